The third kappa shape index (κ3) is 3.35. The van der Waals surface area contributed by atoms with E-state index in [2.05, 4.69) is 28.2 Å². The molecule has 1 aliphatic rings. The van der Waals surface area contributed by atoms with E-state index in [0.717, 1.165) is 30.5 Å². The molecule has 2 rings (SSSR count). The predicted octanol–water partition coefficient (Wildman–Crippen LogP) is 1.74. The van der Waals surface area contributed by atoms with E-state index in [-0.39, 0.29) is 0 Å². The van der Waals surface area contributed by atoms with Crippen molar-refractivity contribution in [3.63, 3.8) is 0 Å². The lowest BCUT2D eigenvalue weighted by Crippen LogP contribution is -2.45. The van der Waals surface area contributed by atoms with E-state index in [4.69, 9.17) is 11.6 Å². The van der Waals surface area contributed by atoms with Crippen LogP contribution in [-0.4, -0.2) is 51.2 Å². The van der Waals surface area contributed by atoms with E-state index in [0.29, 0.717) is 0 Å². The molecule has 5 heteroatoms. The molecule has 1 aromatic rings. The maximum Gasteiger partial charge on any atom is 0.0950 e. The molecule has 1 saturated heterocycles. The normalized spacial score (nSPS) is 17.6. The molecule has 90 valence electrons. The van der Waals surface area contributed by atoms with Crippen LogP contribution >= 0.6 is 22.9 Å². The summed E-state index contributed by atoms with van der Waals surface area (Å²) in [5, 5.41) is 4.62. The van der Waals surface area contributed by atoms with Crippen molar-refractivity contribution in [2.45, 2.75) is 0 Å². The molecule has 0 aromatic carbocycles. The molecule has 0 saturated carbocycles. The van der Waals surface area contributed by atoms with Crippen LogP contribution in [0, 0.1) is 0 Å². The molecule has 1 fully saturated rings. The van der Waals surface area contributed by atoms with E-state index in [1.807, 2.05) is 6.07 Å². The lowest BCUT2D eigenvalue weighted by molar-refractivity contribution is 0.246. The van der Waals surface area contributed by atoms with Gasteiger partial charge in [-0.25, -0.2) is 0 Å². The van der Waals surface area contributed by atoms with E-state index in [1.165, 1.54) is 18.1 Å². The van der Waals surface area contributed by atoms with Crippen molar-refractivity contribution in [2.75, 3.05) is 51.2 Å². The van der Waals surface area contributed by atoms with Gasteiger partial charge in [0.05, 0.1) is 9.34 Å². The van der Waals surface area contributed by atoms with Crippen molar-refractivity contribution in [2.24, 2.45) is 0 Å². The number of hydrogen-bond acceptors (Lipinski definition) is 4. The number of piperazine rings is 1. The first kappa shape index (κ1) is 12.2. The Morgan fingerprint density at radius 1 is 1.44 bits per heavy atom. The van der Waals surface area contributed by atoms with Crippen LogP contribution in [0.2, 0.25) is 4.34 Å². The van der Waals surface area contributed by atoms with Crippen molar-refractivity contribution in [3.05, 3.63) is 16.5 Å². The minimum absolute atomic E-state index is 0.865. The van der Waals surface area contributed by atoms with Crippen LogP contribution in [-0.2, 0) is 0 Å². The van der Waals surface area contributed by atoms with Crippen LogP contribution in [0.5, 0.6) is 0 Å². The second-order valence-corrected chi connectivity index (χ2v) is 5.78. The van der Waals surface area contributed by atoms with E-state index < -0.39 is 0 Å². The zero-order chi connectivity index (χ0) is 11.4. The quantitative estimate of drug-likeness (QED) is 0.889. The molecule has 16 heavy (non-hydrogen) atoms. The van der Waals surface area contributed by atoms with Gasteiger partial charge >= 0.3 is 0 Å². The highest BCUT2D eigenvalue weighted by molar-refractivity contribution is 7.19. The molecule has 0 aliphatic carbocycles. The fourth-order valence-electron chi connectivity index (χ4n) is 1.85. The highest BCUT2D eigenvalue weighted by atomic mass is 35.5. The molecule has 0 amide bonds. The maximum atomic E-state index is 5.93. The smallest absolute Gasteiger partial charge is 0.0950 e. The first-order valence-corrected chi connectivity index (χ1v) is 6.85. The van der Waals surface area contributed by atoms with Crippen molar-refractivity contribution >= 4 is 27.9 Å². The molecular weight excluding hydrogens is 242 g/mol. The van der Waals surface area contributed by atoms with Crippen molar-refractivity contribution in [1.82, 2.24) is 10.2 Å². The molecule has 3 nitrogen and oxygen atoms in total. The summed E-state index contributed by atoms with van der Waals surface area (Å²) < 4.78 is 0.865. The Morgan fingerprint density at radius 3 is 2.81 bits per heavy atom. The Labute approximate surface area is 106 Å². The number of rotatable bonds is 4. The van der Waals surface area contributed by atoms with Gasteiger partial charge in [-0.1, -0.05) is 11.6 Å². The van der Waals surface area contributed by atoms with Gasteiger partial charge in [-0.05, 0) is 12.1 Å². The van der Waals surface area contributed by atoms with Gasteiger partial charge in [0.2, 0.25) is 0 Å². The number of nitrogens with zero attached hydrogens (tertiary/aromatic N) is 2. The van der Waals surface area contributed by atoms with Gasteiger partial charge < -0.3 is 10.2 Å². The van der Waals surface area contributed by atoms with E-state index >= 15 is 0 Å². The standard InChI is InChI=1S/C11H18ClN3S/c1-14(11-3-2-10(12)16-11)8-9-15-6-4-13-5-7-15/h2-3,13H,4-9H2,1H3. The number of anilines is 1. The molecule has 0 radical (unpaired) electrons. The van der Waals surface area contributed by atoms with Gasteiger partial charge in [-0.2, -0.15) is 0 Å². The molecule has 1 aliphatic heterocycles. The summed E-state index contributed by atoms with van der Waals surface area (Å²) in [7, 11) is 2.13. The Hall–Kier alpha value is -0.290. The second kappa shape index (κ2) is 5.87. The van der Waals surface area contributed by atoms with E-state index in [9.17, 15) is 0 Å². The van der Waals surface area contributed by atoms with Gasteiger partial charge in [0.1, 0.15) is 0 Å². The summed E-state index contributed by atoms with van der Waals surface area (Å²) >= 11 is 7.57. The van der Waals surface area contributed by atoms with Crippen molar-refractivity contribution < 1.29 is 0 Å². The SMILES string of the molecule is CN(CCN1CCNCC1)c1ccc(Cl)s1. The predicted molar refractivity (Wildman–Crippen MR) is 71.9 cm³/mol. The first-order chi connectivity index (χ1) is 7.75. The van der Waals surface area contributed by atoms with Crippen LogP contribution in [0.4, 0.5) is 5.00 Å². The van der Waals surface area contributed by atoms with Gasteiger partial charge in [0.25, 0.3) is 0 Å². The summed E-state index contributed by atoms with van der Waals surface area (Å²) in [6.45, 7) is 6.77. The number of halogens is 1. The molecule has 0 spiro atoms. The summed E-state index contributed by atoms with van der Waals surface area (Å²) in [6.07, 6.45) is 0. The first-order valence-electron chi connectivity index (χ1n) is 5.65. The molecule has 0 bridgehead atoms. The summed E-state index contributed by atoms with van der Waals surface area (Å²) in [6, 6.07) is 4.05. The topological polar surface area (TPSA) is 18.5 Å². The zero-order valence-electron chi connectivity index (χ0n) is 9.58. The summed E-state index contributed by atoms with van der Waals surface area (Å²) in [5.41, 5.74) is 0. The minimum Gasteiger partial charge on any atom is -0.365 e. The summed E-state index contributed by atoms with van der Waals surface area (Å²) in [5.74, 6) is 0. The highest BCUT2D eigenvalue weighted by Crippen LogP contribution is 2.28. The lowest BCUT2D eigenvalue weighted by atomic mass is 10.3. The number of nitrogens with one attached hydrogen (secondary N) is 1. The van der Waals surface area contributed by atoms with Crippen LogP contribution < -0.4 is 10.2 Å². The Bertz CT molecular complexity index is 323. The number of thiophene rings is 1. The Morgan fingerprint density at radius 2 is 2.19 bits per heavy atom. The molecule has 0 unspecified atom stereocenters. The van der Waals surface area contributed by atoms with Crippen LogP contribution in [0.3, 0.4) is 0 Å². The number of likely N-dealkylation sites (N-methyl/N-ethyl adjacent to an activating group) is 1. The van der Waals surface area contributed by atoms with Crippen LogP contribution in [0.1, 0.15) is 0 Å². The molecular formula is C11H18ClN3S. The molecule has 0 atom stereocenters. The number of hydrogen-bond donors (Lipinski definition) is 1. The maximum absolute atomic E-state index is 5.93. The Balaban J connectivity index is 1.76. The van der Waals surface area contributed by atoms with Crippen molar-refractivity contribution in [3.8, 4) is 0 Å². The molecule has 2 heterocycles. The lowest BCUT2D eigenvalue weighted by Gasteiger charge is -2.29. The summed E-state index contributed by atoms with van der Waals surface area (Å²) in [4.78, 5) is 4.78. The average Bonchev–Trinajstić information content (AvgIpc) is 2.74. The van der Waals surface area contributed by atoms with Crippen LogP contribution in [0.25, 0.3) is 0 Å². The minimum atomic E-state index is 0.865. The van der Waals surface area contributed by atoms with Gasteiger partial charge in [-0.15, -0.1) is 11.3 Å². The third-order valence-electron chi connectivity index (χ3n) is 2.90. The third-order valence-corrected chi connectivity index (χ3v) is 4.24. The fraction of sp³-hybridized carbons (Fsp3) is 0.636. The van der Waals surface area contributed by atoms with Gasteiger partial charge in [0, 0.05) is 46.3 Å². The highest BCUT2D eigenvalue weighted by Gasteiger charge is 2.10. The van der Waals surface area contributed by atoms with E-state index in [1.54, 1.807) is 11.3 Å². The zero-order valence-corrected chi connectivity index (χ0v) is 11.2. The molecule has 1 N–H and O–H groups in total. The van der Waals surface area contributed by atoms with Crippen molar-refractivity contribution in [1.29, 1.82) is 0 Å². The largest absolute Gasteiger partial charge is 0.365 e. The second-order valence-electron chi connectivity index (χ2n) is 4.09. The Kier molecular flexibility index (Phi) is 4.46. The molecule has 1 aromatic heterocycles. The van der Waals surface area contributed by atoms with Gasteiger partial charge in [0.15, 0.2) is 0 Å². The van der Waals surface area contributed by atoms with Crippen LogP contribution in [0.15, 0.2) is 12.1 Å². The van der Waals surface area contributed by atoms with Gasteiger partial charge in [-0.3, -0.25) is 4.90 Å². The fourth-order valence-corrected chi connectivity index (χ4v) is 2.87. The average molecular weight is 260 g/mol. The monoisotopic (exact) mass is 259 g/mol.